The van der Waals surface area contributed by atoms with E-state index in [9.17, 15) is 18.0 Å². The number of nitrogens with zero attached hydrogens (tertiary/aromatic N) is 3. The maximum absolute atomic E-state index is 12.6. The predicted octanol–water partition coefficient (Wildman–Crippen LogP) is 5.15. The van der Waals surface area contributed by atoms with Crippen LogP contribution in [0.1, 0.15) is 12.5 Å². The molecule has 28 heavy (non-hydrogen) atoms. The summed E-state index contributed by atoms with van der Waals surface area (Å²) in [5.41, 5.74) is -0.463. The zero-order valence-corrected chi connectivity index (χ0v) is 16.3. The molecule has 2 amide bonds. The van der Waals surface area contributed by atoms with Gasteiger partial charge in [0.15, 0.2) is 0 Å². The summed E-state index contributed by atoms with van der Waals surface area (Å²) < 4.78 is 37.9. The number of benzene rings is 1. The molecule has 1 unspecified atom stereocenters. The van der Waals surface area contributed by atoms with Crippen LogP contribution in [0.25, 0.3) is 0 Å². The van der Waals surface area contributed by atoms with Crippen LogP contribution in [0.3, 0.4) is 0 Å². The predicted molar refractivity (Wildman–Crippen MR) is 103 cm³/mol. The van der Waals surface area contributed by atoms with Crippen molar-refractivity contribution in [2.24, 2.45) is 0 Å². The number of alkyl halides is 3. The first-order valence-corrected chi connectivity index (χ1v) is 9.21. The summed E-state index contributed by atoms with van der Waals surface area (Å²) in [5, 5.41) is 3.51. The highest BCUT2D eigenvalue weighted by molar-refractivity contribution is 6.36. The number of piperazine rings is 1. The van der Waals surface area contributed by atoms with Crippen LogP contribution in [-0.2, 0) is 6.18 Å². The summed E-state index contributed by atoms with van der Waals surface area (Å²) in [6, 6.07) is 5.42. The van der Waals surface area contributed by atoms with Gasteiger partial charge in [-0.15, -0.1) is 0 Å². The van der Waals surface area contributed by atoms with Gasteiger partial charge in [0, 0.05) is 37.6 Å². The molecule has 1 fully saturated rings. The number of urea groups is 1. The zero-order chi connectivity index (χ0) is 20.5. The molecule has 2 aromatic rings. The molecule has 1 aromatic heterocycles. The Kier molecular flexibility index (Phi) is 5.90. The van der Waals surface area contributed by atoms with Crippen LogP contribution in [0, 0.1) is 0 Å². The van der Waals surface area contributed by atoms with Crippen LogP contribution in [0.5, 0.6) is 0 Å². The van der Waals surface area contributed by atoms with Gasteiger partial charge >= 0.3 is 12.2 Å². The summed E-state index contributed by atoms with van der Waals surface area (Å²) in [4.78, 5) is 20.4. The Hall–Kier alpha value is -2.19. The topological polar surface area (TPSA) is 48.5 Å². The summed E-state index contributed by atoms with van der Waals surface area (Å²) in [6.07, 6.45) is -2.90. The number of aromatic nitrogens is 1. The lowest BCUT2D eigenvalue weighted by Gasteiger charge is -2.40. The van der Waals surface area contributed by atoms with Crippen molar-refractivity contribution in [3.05, 3.63) is 52.1 Å². The highest BCUT2D eigenvalue weighted by Gasteiger charge is 2.31. The standard InChI is InChI=1S/C18H17Cl2F3N4O/c1-11-10-26(16-15(20)8-13(19)9-24-16)6-7-27(11)17(28)25-14-4-2-12(3-5-14)18(21,22)23/h2-5,8-9,11H,6-7,10H2,1H3,(H,25,28). The molecule has 0 spiro atoms. The van der Waals surface area contributed by atoms with E-state index in [2.05, 4.69) is 10.3 Å². The maximum atomic E-state index is 12.6. The van der Waals surface area contributed by atoms with Crippen LogP contribution in [0.4, 0.5) is 29.5 Å². The van der Waals surface area contributed by atoms with Crippen LogP contribution in [0.2, 0.25) is 10.0 Å². The molecule has 0 aliphatic carbocycles. The fourth-order valence-electron chi connectivity index (χ4n) is 3.03. The number of amides is 2. The van der Waals surface area contributed by atoms with E-state index in [-0.39, 0.29) is 12.1 Å². The lowest BCUT2D eigenvalue weighted by molar-refractivity contribution is -0.137. The number of carbonyl (C=O) groups excluding carboxylic acids is 1. The molecule has 2 heterocycles. The molecule has 0 bridgehead atoms. The number of hydrogen-bond acceptors (Lipinski definition) is 3. The van der Waals surface area contributed by atoms with E-state index < -0.39 is 11.7 Å². The molecule has 1 aliphatic heterocycles. The van der Waals surface area contributed by atoms with E-state index in [4.69, 9.17) is 23.2 Å². The fourth-order valence-corrected chi connectivity index (χ4v) is 3.53. The minimum absolute atomic E-state index is 0.156. The van der Waals surface area contributed by atoms with Gasteiger partial charge in [-0.05, 0) is 37.3 Å². The molecule has 3 rings (SSSR count). The number of halogens is 5. The van der Waals surface area contributed by atoms with Crippen molar-refractivity contribution in [1.29, 1.82) is 0 Å². The molecule has 150 valence electrons. The molecule has 1 saturated heterocycles. The van der Waals surface area contributed by atoms with Gasteiger partial charge in [-0.3, -0.25) is 0 Å². The van der Waals surface area contributed by atoms with Crippen LogP contribution >= 0.6 is 23.2 Å². The summed E-state index contributed by atoms with van der Waals surface area (Å²) in [5.74, 6) is 0.598. The van der Waals surface area contributed by atoms with E-state index >= 15 is 0 Å². The van der Waals surface area contributed by atoms with Gasteiger partial charge in [0.25, 0.3) is 0 Å². The summed E-state index contributed by atoms with van der Waals surface area (Å²) in [6.45, 7) is 3.31. The van der Waals surface area contributed by atoms with E-state index in [0.29, 0.717) is 41.2 Å². The Labute approximate surface area is 170 Å². The number of carbonyl (C=O) groups is 1. The highest BCUT2D eigenvalue weighted by atomic mass is 35.5. The van der Waals surface area contributed by atoms with Crippen molar-refractivity contribution in [3.8, 4) is 0 Å². The first kappa shape index (κ1) is 20.5. The van der Waals surface area contributed by atoms with E-state index in [1.807, 2.05) is 11.8 Å². The lowest BCUT2D eigenvalue weighted by atomic mass is 10.2. The van der Waals surface area contributed by atoms with E-state index in [1.54, 1.807) is 11.0 Å². The van der Waals surface area contributed by atoms with Crippen molar-refractivity contribution in [2.75, 3.05) is 29.9 Å². The van der Waals surface area contributed by atoms with Crippen molar-refractivity contribution >= 4 is 40.7 Å². The third-order valence-electron chi connectivity index (χ3n) is 4.44. The molecule has 0 radical (unpaired) electrons. The first-order valence-electron chi connectivity index (χ1n) is 8.46. The van der Waals surface area contributed by atoms with Crippen LogP contribution in [0.15, 0.2) is 36.5 Å². The maximum Gasteiger partial charge on any atom is 0.416 e. The molecule has 0 saturated carbocycles. The Morgan fingerprint density at radius 3 is 2.46 bits per heavy atom. The Morgan fingerprint density at radius 2 is 1.89 bits per heavy atom. The molecule has 5 nitrogen and oxygen atoms in total. The molecule has 1 aromatic carbocycles. The van der Waals surface area contributed by atoms with Crippen molar-refractivity contribution in [3.63, 3.8) is 0 Å². The molecule has 10 heteroatoms. The van der Waals surface area contributed by atoms with E-state index in [0.717, 1.165) is 12.1 Å². The Morgan fingerprint density at radius 1 is 1.21 bits per heavy atom. The van der Waals surface area contributed by atoms with Crippen LogP contribution < -0.4 is 10.2 Å². The minimum atomic E-state index is -4.41. The Bertz CT molecular complexity index is 861. The van der Waals surface area contributed by atoms with Gasteiger partial charge in [0.05, 0.1) is 15.6 Å². The first-order chi connectivity index (χ1) is 13.1. The average molecular weight is 433 g/mol. The second kappa shape index (κ2) is 8.05. The van der Waals surface area contributed by atoms with Gasteiger partial charge in [0.2, 0.25) is 0 Å². The van der Waals surface area contributed by atoms with Gasteiger partial charge in [-0.1, -0.05) is 23.2 Å². The van der Waals surface area contributed by atoms with Gasteiger partial charge in [-0.25, -0.2) is 9.78 Å². The van der Waals surface area contributed by atoms with Crippen molar-refractivity contribution in [2.45, 2.75) is 19.1 Å². The second-order valence-corrected chi connectivity index (χ2v) is 7.30. The fraction of sp³-hybridized carbons (Fsp3) is 0.333. The Balaban J connectivity index is 1.63. The zero-order valence-electron chi connectivity index (χ0n) is 14.8. The smallest absolute Gasteiger partial charge is 0.352 e. The lowest BCUT2D eigenvalue weighted by Crippen LogP contribution is -2.55. The highest BCUT2D eigenvalue weighted by Crippen LogP contribution is 2.30. The number of pyridine rings is 1. The third kappa shape index (κ3) is 4.62. The van der Waals surface area contributed by atoms with Gasteiger partial charge in [0.1, 0.15) is 5.82 Å². The minimum Gasteiger partial charge on any atom is -0.352 e. The van der Waals surface area contributed by atoms with Gasteiger partial charge < -0.3 is 15.1 Å². The molecular weight excluding hydrogens is 416 g/mol. The normalized spacial score (nSPS) is 17.6. The largest absolute Gasteiger partial charge is 0.416 e. The van der Waals surface area contributed by atoms with Crippen molar-refractivity contribution in [1.82, 2.24) is 9.88 Å². The van der Waals surface area contributed by atoms with Crippen LogP contribution in [-0.4, -0.2) is 41.6 Å². The molecule has 1 N–H and O–H groups in total. The third-order valence-corrected chi connectivity index (χ3v) is 4.92. The monoisotopic (exact) mass is 432 g/mol. The summed E-state index contributed by atoms with van der Waals surface area (Å²) in [7, 11) is 0. The average Bonchev–Trinajstić information content (AvgIpc) is 2.61. The summed E-state index contributed by atoms with van der Waals surface area (Å²) >= 11 is 12.1. The quantitative estimate of drug-likeness (QED) is 0.713. The number of hydrogen-bond donors (Lipinski definition) is 1. The number of nitrogens with one attached hydrogen (secondary N) is 1. The molecule has 1 atom stereocenters. The SMILES string of the molecule is CC1CN(c2ncc(Cl)cc2Cl)CCN1C(=O)Nc1ccc(C(F)(F)F)cc1. The van der Waals surface area contributed by atoms with Crippen molar-refractivity contribution < 1.29 is 18.0 Å². The molecule has 1 aliphatic rings. The second-order valence-electron chi connectivity index (χ2n) is 6.45. The molecular formula is C18H17Cl2F3N4O. The number of anilines is 2. The van der Waals surface area contributed by atoms with Gasteiger partial charge in [-0.2, -0.15) is 13.2 Å². The van der Waals surface area contributed by atoms with E-state index in [1.165, 1.54) is 18.3 Å². The number of rotatable bonds is 2.